The summed E-state index contributed by atoms with van der Waals surface area (Å²) in [5.41, 5.74) is 4.10. The van der Waals surface area contributed by atoms with E-state index >= 15 is 0 Å². The minimum atomic E-state index is 0.137. The van der Waals surface area contributed by atoms with E-state index in [1.807, 2.05) is 55.9 Å². The minimum Gasteiger partial charge on any atom is -0.383 e. The van der Waals surface area contributed by atoms with Crippen molar-refractivity contribution < 1.29 is 14.1 Å². The molecule has 0 radical (unpaired) electrons. The minimum absolute atomic E-state index is 0.137. The molecule has 2 aromatic rings. The van der Waals surface area contributed by atoms with E-state index in [4.69, 9.17) is 4.74 Å². The average molecular weight is 301 g/mol. The van der Waals surface area contributed by atoms with Gasteiger partial charge in [-0.1, -0.05) is 0 Å². The van der Waals surface area contributed by atoms with E-state index in [-0.39, 0.29) is 11.8 Å². The molecule has 0 aromatic carbocycles. The van der Waals surface area contributed by atoms with Crippen molar-refractivity contribution >= 4 is 5.78 Å². The van der Waals surface area contributed by atoms with Crippen LogP contribution in [0.4, 0.5) is 0 Å². The number of ether oxygens (including phenoxy) is 1. The van der Waals surface area contributed by atoms with Gasteiger partial charge in [0.25, 0.3) is 0 Å². The van der Waals surface area contributed by atoms with E-state index < -0.39 is 0 Å². The molecule has 0 saturated heterocycles. The number of hydrogen-bond donors (Lipinski definition) is 0. The molecule has 0 bridgehead atoms. The van der Waals surface area contributed by atoms with Crippen LogP contribution in [-0.2, 0) is 11.3 Å². The smallest absolute Gasteiger partial charge is 0.229 e. The second-order valence-electron chi connectivity index (χ2n) is 5.93. The summed E-state index contributed by atoms with van der Waals surface area (Å²) in [6.45, 7) is 9.19. The van der Waals surface area contributed by atoms with Crippen LogP contribution in [0.25, 0.3) is 0 Å². The largest absolute Gasteiger partial charge is 0.383 e. The van der Waals surface area contributed by atoms with Gasteiger partial charge in [-0.05, 0) is 39.3 Å². The van der Waals surface area contributed by atoms with Gasteiger partial charge < -0.3 is 9.30 Å². The quantitative estimate of drug-likeness (QED) is 0.607. The summed E-state index contributed by atoms with van der Waals surface area (Å²) in [5.74, 6) is 0.137. The Hall–Kier alpha value is -1.94. The number of aryl methyl sites for hydroxylation is 2. The van der Waals surface area contributed by atoms with Crippen molar-refractivity contribution in [3.63, 3.8) is 0 Å². The summed E-state index contributed by atoms with van der Waals surface area (Å²) in [6, 6.07) is 6.23. The summed E-state index contributed by atoms with van der Waals surface area (Å²) in [4.78, 5) is 12.6. The fourth-order valence-corrected chi connectivity index (χ4v) is 2.94. The highest BCUT2D eigenvalue weighted by Gasteiger charge is 2.21. The zero-order valence-corrected chi connectivity index (χ0v) is 14.1. The fraction of sp³-hybridized carbons (Fsp3) is 0.444. The van der Waals surface area contributed by atoms with Gasteiger partial charge in [0.15, 0.2) is 12.4 Å². The Morgan fingerprint density at radius 3 is 2.50 bits per heavy atom. The highest BCUT2D eigenvalue weighted by Crippen LogP contribution is 2.21. The van der Waals surface area contributed by atoms with Crippen molar-refractivity contribution in [2.75, 3.05) is 13.7 Å². The van der Waals surface area contributed by atoms with Gasteiger partial charge in [0.05, 0.1) is 12.6 Å². The van der Waals surface area contributed by atoms with E-state index in [0.29, 0.717) is 13.2 Å². The van der Waals surface area contributed by atoms with Gasteiger partial charge in [-0.15, -0.1) is 0 Å². The Balaban J connectivity index is 2.23. The lowest BCUT2D eigenvalue weighted by Gasteiger charge is -2.17. The number of aromatic nitrogens is 2. The molecule has 22 heavy (non-hydrogen) atoms. The zero-order valence-electron chi connectivity index (χ0n) is 14.1. The molecule has 4 heteroatoms. The van der Waals surface area contributed by atoms with Gasteiger partial charge in [-0.2, -0.15) is 4.57 Å². The topological polar surface area (TPSA) is 35.1 Å². The molecule has 0 unspecified atom stereocenters. The van der Waals surface area contributed by atoms with E-state index in [1.54, 1.807) is 7.11 Å². The third kappa shape index (κ3) is 3.45. The first-order valence-corrected chi connectivity index (χ1v) is 7.60. The molecule has 0 spiro atoms. The monoisotopic (exact) mass is 301 g/mol. The molecule has 2 heterocycles. The highest BCUT2D eigenvalue weighted by molar-refractivity contribution is 5.96. The molecule has 1 atom stereocenters. The van der Waals surface area contributed by atoms with Crippen LogP contribution >= 0.6 is 0 Å². The molecule has 4 nitrogen and oxygen atoms in total. The van der Waals surface area contributed by atoms with Crippen LogP contribution in [0.5, 0.6) is 0 Å². The van der Waals surface area contributed by atoms with Gasteiger partial charge in [-0.3, -0.25) is 4.79 Å². The normalized spacial score (nSPS) is 12.4. The third-order valence-electron chi connectivity index (χ3n) is 4.02. The molecule has 0 aliphatic heterocycles. The molecule has 2 aromatic heterocycles. The average Bonchev–Trinajstić information content (AvgIpc) is 2.77. The van der Waals surface area contributed by atoms with Crippen LogP contribution in [0.1, 0.15) is 40.3 Å². The molecular formula is C18H25N2O2+. The summed E-state index contributed by atoms with van der Waals surface area (Å²) < 4.78 is 9.33. The number of rotatable bonds is 6. The molecule has 0 N–H and O–H groups in total. The van der Waals surface area contributed by atoms with Crippen LogP contribution < -0.4 is 4.57 Å². The lowest BCUT2D eigenvalue weighted by atomic mass is 10.1. The summed E-state index contributed by atoms with van der Waals surface area (Å²) in [5, 5.41) is 0. The molecular weight excluding hydrogens is 276 g/mol. The maximum absolute atomic E-state index is 12.6. The molecule has 0 amide bonds. The highest BCUT2D eigenvalue weighted by atomic mass is 16.5. The standard InChI is InChI=1S/C18H25N2O2/c1-13-6-8-19(9-7-13)11-18(21)17-10-14(2)20(16(17)4)15(3)12-22-5/h6-10,15H,11-12H2,1-5H3/q+1/t15-/m0/s1. The van der Waals surface area contributed by atoms with Crippen LogP contribution in [0, 0.1) is 20.8 Å². The first kappa shape index (κ1) is 16.4. The van der Waals surface area contributed by atoms with Gasteiger partial charge in [0.2, 0.25) is 12.3 Å². The predicted octanol–water partition coefficient (Wildman–Crippen LogP) is 2.79. The summed E-state index contributed by atoms with van der Waals surface area (Å²) in [7, 11) is 1.70. The number of methoxy groups -OCH3 is 1. The van der Waals surface area contributed by atoms with Gasteiger partial charge >= 0.3 is 0 Å². The van der Waals surface area contributed by atoms with E-state index in [1.165, 1.54) is 5.56 Å². The zero-order chi connectivity index (χ0) is 16.3. The maximum Gasteiger partial charge on any atom is 0.229 e. The predicted molar refractivity (Wildman–Crippen MR) is 86.2 cm³/mol. The van der Waals surface area contributed by atoms with Crippen LogP contribution in [0.2, 0.25) is 0 Å². The Bertz CT molecular complexity index is 656. The van der Waals surface area contributed by atoms with Gasteiger partial charge in [0, 0.05) is 36.2 Å². The van der Waals surface area contributed by atoms with Gasteiger partial charge in [-0.25, -0.2) is 0 Å². The van der Waals surface area contributed by atoms with Crippen molar-refractivity contribution in [3.8, 4) is 0 Å². The van der Waals surface area contributed by atoms with E-state index in [0.717, 1.165) is 17.0 Å². The lowest BCUT2D eigenvalue weighted by molar-refractivity contribution is -0.683. The van der Waals surface area contributed by atoms with Gasteiger partial charge in [0.1, 0.15) is 0 Å². The lowest BCUT2D eigenvalue weighted by Crippen LogP contribution is -2.37. The number of carbonyl (C=O) groups is 1. The summed E-state index contributed by atoms with van der Waals surface area (Å²) >= 11 is 0. The fourth-order valence-electron chi connectivity index (χ4n) is 2.94. The molecule has 0 fully saturated rings. The Kier molecular flexibility index (Phi) is 5.14. The number of nitrogens with zero attached hydrogens (tertiary/aromatic N) is 2. The Labute approximate surface area is 132 Å². The van der Waals surface area contributed by atoms with Crippen LogP contribution in [0.3, 0.4) is 0 Å². The second kappa shape index (κ2) is 6.88. The first-order valence-electron chi connectivity index (χ1n) is 7.60. The van der Waals surface area contributed by atoms with Crippen molar-refractivity contribution in [3.05, 3.63) is 53.1 Å². The van der Waals surface area contributed by atoms with Crippen LogP contribution in [0.15, 0.2) is 30.6 Å². The maximum atomic E-state index is 12.6. The van der Waals surface area contributed by atoms with Crippen molar-refractivity contribution in [2.24, 2.45) is 0 Å². The number of hydrogen-bond acceptors (Lipinski definition) is 2. The number of pyridine rings is 1. The Morgan fingerprint density at radius 2 is 1.91 bits per heavy atom. The van der Waals surface area contributed by atoms with Crippen molar-refractivity contribution in [1.82, 2.24) is 4.57 Å². The van der Waals surface area contributed by atoms with E-state index in [9.17, 15) is 4.79 Å². The summed E-state index contributed by atoms with van der Waals surface area (Å²) in [6.07, 6.45) is 3.89. The first-order chi connectivity index (χ1) is 10.4. The molecule has 0 saturated carbocycles. The number of carbonyl (C=O) groups excluding carboxylic acids is 1. The number of ketones is 1. The molecule has 118 valence electrons. The van der Waals surface area contributed by atoms with E-state index in [2.05, 4.69) is 11.5 Å². The van der Waals surface area contributed by atoms with Crippen molar-refractivity contribution in [2.45, 2.75) is 40.3 Å². The molecule has 0 aliphatic rings. The molecule has 2 rings (SSSR count). The number of Topliss-reactive ketones (excluding diaryl/α,β-unsaturated/α-hetero) is 1. The van der Waals surface area contributed by atoms with Crippen molar-refractivity contribution in [1.29, 1.82) is 0 Å². The molecule has 0 aliphatic carbocycles. The SMILES string of the molecule is COC[C@H](C)n1c(C)cc(C(=O)C[n+]2ccc(C)cc2)c1C. The Morgan fingerprint density at radius 1 is 1.27 bits per heavy atom. The second-order valence-corrected chi connectivity index (χ2v) is 5.93. The van der Waals surface area contributed by atoms with Crippen LogP contribution in [-0.4, -0.2) is 24.1 Å². The third-order valence-corrected chi connectivity index (χ3v) is 4.02.